The molecule has 8 aliphatic heterocycles. The van der Waals surface area contributed by atoms with Crippen molar-refractivity contribution in [3.63, 3.8) is 0 Å². The standard InChI is InChI=1S/4C16H16FN2O9P/c4*17-16(8-26-29(24)25-7-9-3-1-2-4-10(9)28-29)13(22)12(21)14(27-16)19-6-5-11(20)18-15(19)23/h4*1-6,12-14,21-22H,7-8H2,(H,18,20,23)/t4*12-,13+,14-,16-,29?/m1111/s1/i8D2,14D;14D;8D2;. The van der Waals surface area contributed by atoms with Gasteiger partial charge in [0.1, 0.15) is 98.2 Å². The van der Waals surface area contributed by atoms with Gasteiger partial charge in [0.05, 0.1) is 34.7 Å². The van der Waals surface area contributed by atoms with Crippen molar-refractivity contribution in [3.8, 4) is 23.0 Å². The molecule has 0 radical (unpaired) electrons. The van der Waals surface area contributed by atoms with E-state index in [4.69, 9.17) is 76.9 Å². The fraction of sp³-hybridized carbons (Fsp3) is 0.375. The normalized spacial score (nSPS) is 36.1. The Labute approximate surface area is 650 Å². The molecule has 4 fully saturated rings. The van der Waals surface area contributed by atoms with Gasteiger partial charge in [0.15, 0.2) is 24.9 Å². The van der Waals surface area contributed by atoms with Crippen molar-refractivity contribution in [1.82, 2.24) is 38.2 Å². The number of aromatic amines is 4. The number of fused-ring (bicyclic) bond motifs is 4. The third-order valence-electron chi connectivity index (χ3n) is 17.2. The molecule has 52 heteroatoms. The van der Waals surface area contributed by atoms with E-state index in [1.54, 1.807) is 71.7 Å². The number of alkyl halides is 4. The number of aliphatic hydroxyl groups is 8. The van der Waals surface area contributed by atoms with E-state index in [0.29, 0.717) is 42.2 Å². The highest BCUT2D eigenvalue weighted by atomic mass is 31.2. The van der Waals surface area contributed by atoms with Crippen LogP contribution in [0.5, 0.6) is 23.0 Å². The largest absolute Gasteiger partial charge is 0.530 e. The van der Waals surface area contributed by atoms with Crippen LogP contribution in [0.2, 0.25) is 0 Å². The molecule has 16 rings (SSSR count). The predicted octanol–water partition coefficient (Wildman–Crippen LogP) is 0.748. The van der Waals surface area contributed by atoms with Crippen LogP contribution >= 0.6 is 31.3 Å². The van der Waals surface area contributed by atoms with Gasteiger partial charge in [0, 0.05) is 71.3 Å². The average molecular weight is 1730 g/mol. The van der Waals surface area contributed by atoms with Crippen LogP contribution < -0.4 is 63.1 Å². The minimum absolute atomic E-state index is 0.0216. The molecule has 20 atom stereocenters. The lowest BCUT2D eigenvalue weighted by molar-refractivity contribution is -0.205. The molecule has 0 bridgehead atoms. The zero-order chi connectivity index (χ0) is 88.7. The molecule has 44 nitrogen and oxygen atoms in total. The lowest BCUT2D eigenvalue weighted by atomic mass is 10.1. The van der Waals surface area contributed by atoms with Crippen molar-refractivity contribution in [2.75, 3.05) is 26.3 Å². The van der Waals surface area contributed by atoms with Crippen LogP contribution in [-0.2, 0) is 99.8 Å². The fourth-order valence-corrected chi connectivity index (χ4v) is 15.8. The van der Waals surface area contributed by atoms with E-state index in [1.165, 1.54) is 30.3 Å². The number of nitrogens with one attached hydrogen (secondary N) is 4. The monoisotopic (exact) mass is 1730 g/mol. The Bertz CT molecular complexity index is 6060. The van der Waals surface area contributed by atoms with Gasteiger partial charge in [-0.05, 0) is 24.3 Å². The Hall–Kier alpha value is -9.36. The van der Waals surface area contributed by atoms with Crippen molar-refractivity contribution < 1.29 is 158 Å². The number of phosphoric acid groups is 4. The molecule has 0 amide bonds. The molecule has 624 valence electrons. The summed E-state index contributed by atoms with van der Waals surface area (Å²) in [5, 5.41) is 81.3. The molecule has 8 aromatic rings. The van der Waals surface area contributed by atoms with Crippen molar-refractivity contribution in [2.45, 2.75) is 124 Å². The summed E-state index contributed by atoms with van der Waals surface area (Å²) in [6.07, 6.45) is -25.1. The quantitative estimate of drug-likeness (QED) is 0.0469. The Morgan fingerprint density at radius 1 is 0.371 bits per heavy atom. The predicted molar refractivity (Wildman–Crippen MR) is 371 cm³/mol. The Morgan fingerprint density at radius 2 is 0.621 bits per heavy atom. The van der Waals surface area contributed by atoms with E-state index in [9.17, 15) is 97.5 Å². The van der Waals surface area contributed by atoms with Crippen LogP contribution in [0.3, 0.4) is 0 Å². The molecule has 4 aromatic heterocycles. The van der Waals surface area contributed by atoms with Crippen LogP contribution in [-0.4, -0.2) is 178 Å². The fourth-order valence-electron chi connectivity index (χ4n) is 11.2. The minimum Gasteiger partial charge on any atom is -0.404 e. The first-order valence-electron chi connectivity index (χ1n) is 36.1. The van der Waals surface area contributed by atoms with Crippen LogP contribution in [0.25, 0.3) is 0 Å². The minimum atomic E-state index is -4.80. The molecule has 116 heavy (non-hydrogen) atoms. The molecule has 4 saturated heterocycles. The number of para-hydroxylation sites is 4. The maximum absolute atomic E-state index is 15.7. The third kappa shape index (κ3) is 17.9. The molecule has 0 spiro atoms. The first kappa shape index (κ1) is 76.6. The van der Waals surface area contributed by atoms with Crippen LogP contribution in [0, 0.1) is 0 Å². The maximum atomic E-state index is 15.7. The van der Waals surface area contributed by atoms with Crippen LogP contribution in [0.4, 0.5) is 17.6 Å². The second-order valence-electron chi connectivity index (χ2n) is 25.0. The molecule has 12 heterocycles. The number of aliphatic hydroxyl groups excluding tert-OH is 8. The summed E-state index contributed by atoms with van der Waals surface area (Å²) in [5.74, 6) is -13.6. The molecule has 4 aromatic carbocycles. The number of nitrogens with zero attached hydrogens (tertiary/aromatic N) is 4. The van der Waals surface area contributed by atoms with Gasteiger partial charge < -0.3 is 77.9 Å². The van der Waals surface area contributed by atoms with Crippen molar-refractivity contribution in [2.24, 2.45) is 0 Å². The van der Waals surface area contributed by atoms with Gasteiger partial charge in [-0.15, -0.1) is 0 Å². The Morgan fingerprint density at radius 3 is 0.948 bits per heavy atom. The zero-order valence-corrected chi connectivity index (χ0v) is 61.5. The van der Waals surface area contributed by atoms with Crippen molar-refractivity contribution in [3.05, 3.63) is 252 Å². The highest BCUT2D eigenvalue weighted by molar-refractivity contribution is 7.49. The Kier molecular flexibility index (Phi) is 21.9. The zero-order valence-electron chi connectivity index (χ0n) is 64.0. The molecular weight excluding hydrogens is 1660 g/mol. The number of H-pyrrole nitrogens is 4. The number of phosphoric ester groups is 4. The Balaban J connectivity index is 0.000000140. The van der Waals surface area contributed by atoms with Crippen LogP contribution in [0.1, 0.15) is 55.3 Å². The number of benzene rings is 4. The number of halogens is 4. The summed E-state index contributed by atoms with van der Waals surface area (Å²) in [6.45, 7) is -10.8. The van der Waals surface area contributed by atoms with Gasteiger partial charge in [0.25, 0.3) is 45.7 Å². The van der Waals surface area contributed by atoms with Crippen LogP contribution in [0.15, 0.2) is 184 Å². The van der Waals surface area contributed by atoms with Gasteiger partial charge in [-0.3, -0.25) is 93.6 Å². The molecule has 8 aliphatic rings. The number of aromatic nitrogens is 8. The highest BCUT2D eigenvalue weighted by Gasteiger charge is 2.62. The highest BCUT2D eigenvalue weighted by Crippen LogP contribution is 2.60. The summed E-state index contributed by atoms with van der Waals surface area (Å²) in [5.41, 5.74) is -5.63. The van der Waals surface area contributed by atoms with Gasteiger partial charge in [-0.25, -0.2) is 55.0 Å². The number of rotatable bonds is 16. The summed E-state index contributed by atoms with van der Waals surface area (Å²) < 4.78 is 241. The molecule has 12 N–H and O–H groups in total. The van der Waals surface area contributed by atoms with Crippen molar-refractivity contribution >= 4 is 31.3 Å². The van der Waals surface area contributed by atoms with Gasteiger partial charge in [-0.2, -0.15) is 0 Å². The summed E-state index contributed by atoms with van der Waals surface area (Å²) >= 11 is 0. The van der Waals surface area contributed by atoms with Gasteiger partial charge in [0.2, 0.25) is 0 Å². The van der Waals surface area contributed by atoms with E-state index in [-0.39, 0.29) is 54.0 Å². The lowest BCUT2D eigenvalue weighted by Crippen LogP contribution is -2.43. The second-order valence-corrected chi connectivity index (χ2v) is 31.2. The SMILES string of the molecule is O=c1ccn([C@@H]2O[C@](F)(COP3(=O)OCc4ccccc4O3)[C@@H](O)[C@H]2O)c(=O)[nH]1.[2H]C([2H])(OP1(=O)OCc2ccccc2O1)[C@@]1(F)O[C@@H](n2ccc(=O)[nH]c2=O)[C@H](O)[C@@H]1O.[2H]C([2H])(OP1(=O)OCc2ccccc2O1)[C@@]1(F)O[C@@]([2H])(n2ccc(=O)[nH]c2=O)[C@H](O)[C@@H]1O.[2H][C@@]1(n2ccc(=O)[nH]c2=O)O[C@](F)(COP2(=O)OCc3ccccc3O2)[C@@H](O)[C@H]1O. The number of hydrogen-bond acceptors (Lipinski definition) is 36. The topological polar surface area (TPSA) is 597 Å². The van der Waals surface area contributed by atoms with Gasteiger partial charge in [-0.1, -0.05) is 72.8 Å². The van der Waals surface area contributed by atoms with E-state index in [0.717, 1.165) is 42.9 Å². The second kappa shape index (κ2) is 33.2. The average Bonchev–Trinajstić information content (AvgIpc) is 1.55. The summed E-state index contributed by atoms with van der Waals surface area (Å²) in [6, 6.07) is 28.8. The molecular formula is C64H64F4N8O36P4. The van der Waals surface area contributed by atoms with E-state index < -0.39 is 200 Å². The lowest BCUT2D eigenvalue weighted by Gasteiger charge is -2.28. The maximum Gasteiger partial charge on any atom is 0.530 e. The molecule has 0 aliphatic carbocycles. The van der Waals surface area contributed by atoms with Gasteiger partial charge >= 0.3 is 54.0 Å². The summed E-state index contributed by atoms with van der Waals surface area (Å²) in [4.78, 5) is 99.9. The molecule has 0 saturated carbocycles. The van der Waals surface area contributed by atoms with Crippen molar-refractivity contribution in [1.29, 1.82) is 0 Å². The molecule has 4 unspecified atom stereocenters. The first-order valence-corrected chi connectivity index (χ1v) is 38.9. The summed E-state index contributed by atoms with van der Waals surface area (Å²) in [7, 11) is -18.1. The first-order chi connectivity index (χ1) is 57.0. The number of ether oxygens (including phenoxy) is 4. The smallest absolute Gasteiger partial charge is 0.404 e. The van der Waals surface area contributed by atoms with E-state index in [1.807, 2.05) is 15.0 Å². The van der Waals surface area contributed by atoms with E-state index >= 15 is 17.6 Å². The number of hydrogen-bond donors (Lipinski definition) is 12. The van der Waals surface area contributed by atoms with E-state index in [2.05, 4.69) is 4.52 Å². The third-order valence-corrected chi connectivity index (χ3v) is 22.1.